The molecular weight excluding hydrogens is 331 g/mol. The summed E-state index contributed by atoms with van der Waals surface area (Å²) in [5.74, 6) is -0.727. The molecule has 0 spiro atoms. The van der Waals surface area contributed by atoms with Crippen LogP contribution in [-0.2, 0) is 21.4 Å². The van der Waals surface area contributed by atoms with Crippen molar-refractivity contribution in [3.05, 3.63) is 34.6 Å². The monoisotopic (exact) mass is 348 g/mol. The number of benzene rings is 1. The van der Waals surface area contributed by atoms with E-state index in [1.807, 2.05) is 0 Å². The van der Waals surface area contributed by atoms with Gasteiger partial charge in [0, 0.05) is 18.1 Å². The number of nitrogens with zero attached hydrogens (tertiary/aromatic N) is 1. The minimum atomic E-state index is -3.37. The van der Waals surface area contributed by atoms with Crippen molar-refractivity contribution in [2.75, 3.05) is 12.3 Å². The van der Waals surface area contributed by atoms with Crippen LogP contribution in [0, 0.1) is 5.82 Å². The number of amides is 1. The Kier molecular flexibility index (Phi) is 5.41. The molecule has 1 saturated heterocycles. The van der Waals surface area contributed by atoms with E-state index in [4.69, 9.17) is 11.6 Å². The summed E-state index contributed by atoms with van der Waals surface area (Å²) in [6.07, 6.45) is 0.963. The van der Waals surface area contributed by atoms with Gasteiger partial charge in [0.25, 0.3) is 0 Å². The Morgan fingerprint density at radius 1 is 1.50 bits per heavy atom. The van der Waals surface area contributed by atoms with Crippen molar-refractivity contribution >= 4 is 27.5 Å². The molecule has 1 unspecified atom stereocenters. The molecule has 0 saturated carbocycles. The first-order valence-electron chi connectivity index (χ1n) is 7.06. The Morgan fingerprint density at radius 3 is 2.86 bits per heavy atom. The lowest BCUT2D eigenvalue weighted by molar-refractivity contribution is -0.125. The van der Waals surface area contributed by atoms with Crippen LogP contribution < -0.4 is 5.32 Å². The van der Waals surface area contributed by atoms with Gasteiger partial charge in [-0.25, -0.2) is 12.8 Å². The zero-order chi connectivity index (χ0) is 16.3. The van der Waals surface area contributed by atoms with Gasteiger partial charge in [-0.15, -0.1) is 0 Å². The van der Waals surface area contributed by atoms with Crippen LogP contribution in [0.1, 0.15) is 25.3 Å². The molecule has 1 heterocycles. The van der Waals surface area contributed by atoms with E-state index in [9.17, 15) is 17.6 Å². The molecule has 1 fully saturated rings. The van der Waals surface area contributed by atoms with Crippen molar-refractivity contribution in [2.45, 2.75) is 32.4 Å². The number of sulfonamides is 1. The van der Waals surface area contributed by atoms with Gasteiger partial charge in [-0.3, -0.25) is 4.79 Å². The molecule has 0 aliphatic carbocycles. The first-order chi connectivity index (χ1) is 10.3. The van der Waals surface area contributed by atoms with Crippen molar-refractivity contribution in [1.82, 2.24) is 9.62 Å². The minimum absolute atomic E-state index is 0.0778. The molecule has 1 aromatic carbocycles. The van der Waals surface area contributed by atoms with Gasteiger partial charge >= 0.3 is 0 Å². The lowest BCUT2D eigenvalue weighted by Gasteiger charge is -2.32. The molecule has 2 rings (SSSR count). The molecular formula is C14H18ClFN2O3S. The minimum Gasteiger partial charge on any atom is -0.351 e. The molecule has 1 aliphatic rings. The van der Waals surface area contributed by atoms with Gasteiger partial charge in [0.15, 0.2) is 0 Å². The average Bonchev–Trinajstić information content (AvgIpc) is 2.44. The fourth-order valence-corrected chi connectivity index (χ4v) is 4.54. The van der Waals surface area contributed by atoms with E-state index in [0.29, 0.717) is 18.4 Å². The number of rotatable bonds is 4. The highest BCUT2D eigenvalue weighted by molar-refractivity contribution is 7.89. The lowest BCUT2D eigenvalue weighted by atomic mass is 10.1. The molecule has 0 aromatic heterocycles. The summed E-state index contributed by atoms with van der Waals surface area (Å²) in [6.45, 7) is 2.10. The van der Waals surface area contributed by atoms with Crippen molar-refractivity contribution in [3.63, 3.8) is 0 Å². The predicted octanol–water partition coefficient (Wildman–Crippen LogP) is 1.91. The van der Waals surface area contributed by atoms with E-state index in [1.54, 1.807) is 6.92 Å². The summed E-state index contributed by atoms with van der Waals surface area (Å²) >= 11 is 5.90. The van der Waals surface area contributed by atoms with Crippen LogP contribution in [0.25, 0.3) is 0 Å². The predicted molar refractivity (Wildman–Crippen MR) is 82.4 cm³/mol. The summed E-state index contributed by atoms with van der Waals surface area (Å²) in [5.41, 5.74) is 0.582. The van der Waals surface area contributed by atoms with Crippen molar-refractivity contribution in [3.8, 4) is 0 Å². The van der Waals surface area contributed by atoms with Crippen LogP contribution in [0.4, 0.5) is 4.39 Å². The molecule has 0 bridgehead atoms. The third kappa shape index (κ3) is 3.77. The zero-order valence-corrected chi connectivity index (χ0v) is 13.8. The highest BCUT2D eigenvalue weighted by atomic mass is 35.5. The number of carbonyl (C=O) groups is 1. The molecule has 22 heavy (non-hydrogen) atoms. The maximum atomic E-state index is 13.0. The Labute approximate surface area is 134 Å². The van der Waals surface area contributed by atoms with E-state index in [1.165, 1.54) is 22.5 Å². The molecule has 122 valence electrons. The number of carbonyl (C=O) groups excluding carboxylic acids is 1. The summed E-state index contributed by atoms with van der Waals surface area (Å²) < 4.78 is 38.2. The topological polar surface area (TPSA) is 66.5 Å². The van der Waals surface area contributed by atoms with Crippen LogP contribution in [0.2, 0.25) is 5.02 Å². The van der Waals surface area contributed by atoms with Crippen LogP contribution in [-0.4, -0.2) is 37.0 Å². The highest BCUT2D eigenvalue weighted by Crippen LogP contribution is 2.21. The average molecular weight is 349 g/mol. The number of nitrogens with one attached hydrogen (secondary N) is 1. The number of hydrogen-bond acceptors (Lipinski definition) is 3. The second-order valence-corrected chi connectivity index (χ2v) is 7.58. The molecule has 1 aromatic rings. The first-order valence-corrected chi connectivity index (χ1v) is 9.05. The fourth-order valence-electron chi connectivity index (χ4n) is 2.56. The van der Waals surface area contributed by atoms with E-state index in [0.717, 1.165) is 0 Å². The van der Waals surface area contributed by atoms with Crippen LogP contribution >= 0.6 is 11.6 Å². The molecule has 5 nitrogen and oxygen atoms in total. The highest BCUT2D eigenvalue weighted by Gasteiger charge is 2.36. The molecule has 0 radical (unpaired) electrons. The maximum absolute atomic E-state index is 13.0. The van der Waals surface area contributed by atoms with Gasteiger partial charge in [0.2, 0.25) is 15.9 Å². The molecule has 1 aliphatic heterocycles. The quantitative estimate of drug-likeness (QED) is 0.903. The Bertz CT molecular complexity index is 666. The third-order valence-corrected chi connectivity index (χ3v) is 6.05. The smallest absolute Gasteiger partial charge is 0.238 e. The molecule has 1 N–H and O–H groups in total. The van der Waals surface area contributed by atoms with Gasteiger partial charge in [-0.2, -0.15) is 4.31 Å². The largest absolute Gasteiger partial charge is 0.351 e. The summed E-state index contributed by atoms with van der Waals surface area (Å²) in [6, 6.07) is 3.24. The van der Waals surface area contributed by atoms with Crippen LogP contribution in [0.5, 0.6) is 0 Å². The lowest BCUT2D eigenvalue weighted by Crippen LogP contribution is -2.52. The Morgan fingerprint density at radius 2 is 2.23 bits per heavy atom. The van der Waals surface area contributed by atoms with Gasteiger partial charge in [-0.05, 0) is 30.5 Å². The second kappa shape index (κ2) is 6.93. The van der Waals surface area contributed by atoms with Gasteiger partial charge in [-0.1, -0.05) is 24.6 Å². The Balaban J connectivity index is 2.05. The second-order valence-electron chi connectivity index (χ2n) is 5.13. The van der Waals surface area contributed by atoms with E-state index in [-0.39, 0.29) is 29.8 Å². The van der Waals surface area contributed by atoms with E-state index in [2.05, 4.69) is 5.32 Å². The zero-order valence-electron chi connectivity index (χ0n) is 12.2. The van der Waals surface area contributed by atoms with Gasteiger partial charge < -0.3 is 5.32 Å². The number of hydrogen-bond donors (Lipinski definition) is 1. The first kappa shape index (κ1) is 17.2. The van der Waals surface area contributed by atoms with Crippen LogP contribution in [0.3, 0.4) is 0 Å². The number of halogens is 2. The maximum Gasteiger partial charge on any atom is 0.238 e. The van der Waals surface area contributed by atoms with Crippen molar-refractivity contribution < 1.29 is 17.6 Å². The molecule has 8 heteroatoms. The van der Waals surface area contributed by atoms with Crippen LogP contribution in [0.15, 0.2) is 18.2 Å². The van der Waals surface area contributed by atoms with Gasteiger partial charge in [0.05, 0.1) is 5.75 Å². The SMILES string of the molecule is CCN1C(C(=O)NCc2ccc(F)cc2Cl)CCCS1(=O)=O. The standard InChI is InChI=1S/C14H18ClFN2O3S/c1-2-18-13(4-3-7-22(18,20)21)14(19)17-9-10-5-6-11(16)8-12(10)15/h5-6,8,13H,2-4,7,9H2,1H3,(H,17,19). The number of likely N-dealkylation sites (N-methyl/N-ethyl adjacent to an activating group) is 1. The van der Waals surface area contributed by atoms with Gasteiger partial charge in [0.1, 0.15) is 11.9 Å². The Hall–Kier alpha value is -1.18. The van der Waals surface area contributed by atoms with E-state index < -0.39 is 21.9 Å². The van der Waals surface area contributed by atoms with E-state index >= 15 is 0 Å². The van der Waals surface area contributed by atoms with Crippen molar-refractivity contribution in [1.29, 1.82) is 0 Å². The summed E-state index contributed by atoms with van der Waals surface area (Å²) in [7, 11) is -3.37. The molecule has 1 atom stereocenters. The third-order valence-electron chi connectivity index (χ3n) is 3.67. The summed E-state index contributed by atoms with van der Waals surface area (Å²) in [5, 5.41) is 2.90. The normalized spacial score (nSPS) is 21.5. The summed E-state index contributed by atoms with van der Waals surface area (Å²) in [4.78, 5) is 12.3. The van der Waals surface area contributed by atoms with Crippen molar-refractivity contribution in [2.24, 2.45) is 0 Å². The molecule has 1 amide bonds. The fraction of sp³-hybridized carbons (Fsp3) is 0.500.